The molecule has 3 rings (SSSR count). The van der Waals surface area contributed by atoms with Crippen LogP contribution in [-0.4, -0.2) is 68.4 Å². The molecule has 14 heteroatoms. The number of ether oxygens (including phenoxy) is 1. The van der Waals surface area contributed by atoms with Crippen LogP contribution in [-0.2, 0) is 28.8 Å². The van der Waals surface area contributed by atoms with Gasteiger partial charge in [0.15, 0.2) is 10.8 Å². The summed E-state index contributed by atoms with van der Waals surface area (Å²) in [6.07, 6.45) is 12.0. The topological polar surface area (TPSA) is 174 Å². The Hall–Kier alpha value is -3.13. The first-order valence-corrected chi connectivity index (χ1v) is 15.0. The van der Waals surface area contributed by atoms with Gasteiger partial charge in [0.1, 0.15) is 22.8 Å². The molecule has 0 saturated carbocycles. The first-order valence-electron chi connectivity index (χ1n) is 13.1. The second-order valence-electron chi connectivity index (χ2n) is 9.13. The molecule has 3 heterocycles. The van der Waals surface area contributed by atoms with E-state index in [0.717, 1.165) is 35.5 Å². The summed E-state index contributed by atoms with van der Waals surface area (Å²) in [4.78, 5) is 59.2. The number of aliphatic carboxylic acids is 1. The molecule has 4 N–H and O–H groups in total. The van der Waals surface area contributed by atoms with Gasteiger partial charge < -0.3 is 25.7 Å². The van der Waals surface area contributed by atoms with Gasteiger partial charge in [0.05, 0.1) is 0 Å². The lowest BCUT2D eigenvalue weighted by Gasteiger charge is -2.48. The number of thiazole rings is 1. The van der Waals surface area contributed by atoms with Crippen molar-refractivity contribution in [2.24, 2.45) is 5.16 Å². The second kappa shape index (κ2) is 15.5. The van der Waals surface area contributed by atoms with E-state index in [0.29, 0.717) is 5.75 Å². The molecule has 1 saturated heterocycles. The average molecular weight is 582 g/mol. The highest BCUT2D eigenvalue weighted by molar-refractivity contribution is 8.00. The fourth-order valence-electron chi connectivity index (χ4n) is 4.18. The number of carbonyl (C=O) groups excluding carboxylic acids is 3. The van der Waals surface area contributed by atoms with Gasteiger partial charge in [-0.3, -0.25) is 19.3 Å². The molecule has 2 amide bonds. The number of aromatic nitrogens is 1. The molecule has 39 heavy (non-hydrogen) atoms. The minimum Gasteiger partial charge on any atom is -0.477 e. The zero-order chi connectivity index (χ0) is 28.2. The summed E-state index contributed by atoms with van der Waals surface area (Å²) in [7, 11) is 0. The van der Waals surface area contributed by atoms with Crippen LogP contribution in [0.2, 0.25) is 0 Å². The number of oxime groups is 1. The normalized spacial score (nSPS) is 18.6. The summed E-state index contributed by atoms with van der Waals surface area (Å²) in [5.74, 6) is -2.54. The minimum absolute atomic E-state index is 0.108. The number of hydrogen-bond donors (Lipinski definition) is 3. The van der Waals surface area contributed by atoms with Crippen LogP contribution in [0.3, 0.4) is 0 Å². The van der Waals surface area contributed by atoms with Crippen LogP contribution in [0.15, 0.2) is 22.3 Å². The molecule has 1 aromatic heterocycles. The molecule has 1 fully saturated rings. The molecule has 0 spiro atoms. The summed E-state index contributed by atoms with van der Waals surface area (Å²) < 4.78 is 5.05. The van der Waals surface area contributed by atoms with Crippen molar-refractivity contribution in [1.29, 1.82) is 0 Å². The quantitative estimate of drug-likeness (QED) is 0.0619. The molecule has 0 bridgehead atoms. The van der Waals surface area contributed by atoms with Gasteiger partial charge in [0.2, 0.25) is 0 Å². The smallest absolute Gasteiger partial charge is 0.352 e. The van der Waals surface area contributed by atoms with Crippen molar-refractivity contribution in [2.75, 3.05) is 18.3 Å². The zero-order valence-corrected chi connectivity index (χ0v) is 23.6. The molecular weight excluding hydrogens is 546 g/mol. The van der Waals surface area contributed by atoms with Crippen molar-refractivity contribution >= 4 is 57.7 Å². The number of fused-ring (bicyclic) bond motifs is 1. The Morgan fingerprint density at radius 2 is 1.87 bits per heavy atom. The van der Waals surface area contributed by atoms with Crippen LogP contribution in [0.25, 0.3) is 0 Å². The summed E-state index contributed by atoms with van der Waals surface area (Å²) in [5, 5.41) is 16.8. The zero-order valence-electron chi connectivity index (χ0n) is 21.9. The molecule has 214 valence electrons. The van der Waals surface area contributed by atoms with E-state index in [4.69, 9.17) is 15.3 Å². The Balaban J connectivity index is 1.44. The van der Waals surface area contributed by atoms with Crippen LogP contribution in [0.1, 0.15) is 76.8 Å². The molecule has 0 radical (unpaired) electrons. The summed E-state index contributed by atoms with van der Waals surface area (Å²) in [6.45, 7) is 1.71. The monoisotopic (exact) mass is 581 g/mol. The maximum atomic E-state index is 13.0. The highest BCUT2D eigenvalue weighted by Gasteiger charge is 2.53. The van der Waals surface area contributed by atoms with Crippen LogP contribution < -0.4 is 11.1 Å². The van der Waals surface area contributed by atoms with Crippen molar-refractivity contribution in [3.63, 3.8) is 0 Å². The van der Waals surface area contributed by atoms with Gasteiger partial charge in [-0.1, -0.05) is 63.4 Å². The highest BCUT2D eigenvalue weighted by Crippen LogP contribution is 2.37. The third-order valence-corrected chi connectivity index (χ3v) is 8.10. The number of carbonyl (C=O) groups is 4. The molecule has 0 aliphatic carbocycles. The molecule has 12 nitrogen and oxygen atoms in total. The van der Waals surface area contributed by atoms with Gasteiger partial charge in [-0.05, 0) is 12.5 Å². The van der Waals surface area contributed by atoms with E-state index < -0.39 is 42.0 Å². The van der Waals surface area contributed by atoms with Gasteiger partial charge >= 0.3 is 11.9 Å². The van der Waals surface area contributed by atoms with E-state index in [1.54, 1.807) is 0 Å². The van der Waals surface area contributed by atoms with E-state index in [1.165, 1.54) is 61.7 Å². The maximum absolute atomic E-state index is 13.0. The SMILES string of the molecule is CCCCCCCCCCCC(=O)OCON=C(C(=O)NC1C(=O)N2C(C(=O)O)=CCS[C@@H]12)c1csc(N)n1. The predicted molar refractivity (Wildman–Crippen MR) is 148 cm³/mol. The number of nitrogens with one attached hydrogen (secondary N) is 1. The van der Waals surface area contributed by atoms with Gasteiger partial charge in [-0.25, -0.2) is 9.78 Å². The molecule has 0 aromatic carbocycles. The first kappa shape index (κ1) is 30.4. The van der Waals surface area contributed by atoms with Crippen molar-refractivity contribution in [3.8, 4) is 0 Å². The fourth-order valence-corrected chi connectivity index (χ4v) is 5.93. The number of carboxylic acid groups (broad SMARTS) is 1. The lowest BCUT2D eigenvalue weighted by atomic mass is 10.0. The van der Waals surface area contributed by atoms with E-state index in [1.807, 2.05) is 0 Å². The largest absolute Gasteiger partial charge is 0.477 e. The second-order valence-corrected chi connectivity index (χ2v) is 11.2. The molecular formula is C25H35N5O7S2. The number of carboxylic acids is 1. The predicted octanol–water partition coefficient (Wildman–Crippen LogP) is 3.24. The number of rotatable bonds is 17. The summed E-state index contributed by atoms with van der Waals surface area (Å²) >= 11 is 2.41. The maximum Gasteiger partial charge on any atom is 0.352 e. The summed E-state index contributed by atoms with van der Waals surface area (Å²) in [6, 6.07) is -0.944. The third-order valence-electron chi connectivity index (χ3n) is 6.24. The van der Waals surface area contributed by atoms with Gasteiger partial charge in [0.25, 0.3) is 18.6 Å². The molecule has 2 atom stereocenters. The lowest BCUT2D eigenvalue weighted by Crippen LogP contribution is -2.70. The van der Waals surface area contributed by atoms with Crippen molar-refractivity contribution < 1.29 is 33.9 Å². The minimum atomic E-state index is -1.21. The van der Waals surface area contributed by atoms with Crippen LogP contribution in [0.5, 0.6) is 0 Å². The van der Waals surface area contributed by atoms with E-state index in [2.05, 4.69) is 22.4 Å². The number of nitrogens with two attached hydrogens (primary N) is 1. The number of β-lactam (4-membered cyclic amide) rings is 1. The Kier molecular flexibility index (Phi) is 12.1. The van der Waals surface area contributed by atoms with Crippen molar-refractivity contribution in [3.05, 3.63) is 22.8 Å². The van der Waals surface area contributed by atoms with Crippen LogP contribution >= 0.6 is 23.1 Å². The van der Waals surface area contributed by atoms with Crippen molar-refractivity contribution in [2.45, 2.75) is 82.5 Å². The molecule has 1 aromatic rings. The Labute approximate surface area is 235 Å². The van der Waals surface area contributed by atoms with E-state index in [-0.39, 0.29) is 28.7 Å². The number of hydrogen-bond acceptors (Lipinski definition) is 11. The number of anilines is 1. The number of thioether (sulfide) groups is 1. The van der Waals surface area contributed by atoms with Gasteiger partial charge in [-0.15, -0.1) is 23.1 Å². The first-order chi connectivity index (χ1) is 18.8. The molecule has 1 unspecified atom stereocenters. The average Bonchev–Trinajstić information content (AvgIpc) is 3.35. The van der Waals surface area contributed by atoms with Gasteiger partial charge in [0, 0.05) is 17.6 Å². The number of nitrogens with zero attached hydrogens (tertiary/aromatic N) is 3. The standard InChI is InChI=1S/C25H35N5O7S2/c1-2-3-4-5-6-7-8-9-10-11-18(31)36-15-37-29-19(16-14-39-25(26)27-16)21(32)28-20-22(33)30-17(24(34)35)12-13-38-23(20)30/h12,14,20,23H,2-11,13,15H2,1H3,(H2,26,27)(H,28,32)(H,34,35)/t20?,23-/m0/s1. The van der Waals surface area contributed by atoms with Crippen molar-refractivity contribution in [1.82, 2.24) is 15.2 Å². The number of esters is 1. The number of unbranched alkanes of at least 4 members (excludes halogenated alkanes) is 8. The highest BCUT2D eigenvalue weighted by atomic mass is 32.2. The fraction of sp³-hybridized carbons (Fsp3) is 0.600. The van der Waals surface area contributed by atoms with Gasteiger partial charge in [-0.2, -0.15) is 0 Å². The molecule has 2 aliphatic heterocycles. The third kappa shape index (κ3) is 8.68. The van der Waals surface area contributed by atoms with E-state index >= 15 is 0 Å². The number of nitrogen functional groups attached to an aromatic ring is 1. The molecule has 2 aliphatic rings. The Morgan fingerprint density at radius 3 is 2.51 bits per heavy atom. The van der Waals surface area contributed by atoms with Crippen LogP contribution in [0.4, 0.5) is 5.13 Å². The Bertz CT molecular complexity index is 1090. The van der Waals surface area contributed by atoms with Crippen LogP contribution in [0, 0.1) is 0 Å². The lowest BCUT2D eigenvalue weighted by molar-refractivity contribution is -0.156. The Morgan fingerprint density at radius 1 is 1.18 bits per heavy atom. The number of amides is 2. The summed E-state index contributed by atoms with van der Waals surface area (Å²) in [5.41, 5.74) is 5.46. The van der Waals surface area contributed by atoms with E-state index in [9.17, 15) is 24.3 Å².